The molecule has 3 heterocycles. The summed E-state index contributed by atoms with van der Waals surface area (Å²) < 4.78 is 45.5. The molecule has 0 bridgehead atoms. The fraction of sp³-hybridized carbons (Fsp3) is 0.357. The van der Waals surface area contributed by atoms with Crippen LogP contribution in [-0.2, 0) is 11.2 Å². The molecule has 0 unspecified atom stereocenters. The Morgan fingerprint density at radius 3 is 2.73 bits per heavy atom. The summed E-state index contributed by atoms with van der Waals surface area (Å²) in [4.78, 5) is 18.3. The van der Waals surface area contributed by atoms with Crippen molar-refractivity contribution in [3.63, 3.8) is 0 Å². The van der Waals surface area contributed by atoms with Gasteiger partial charge in [0.15, 0.2) is 0 Å². The van der Waals surface area contributed by atoms with Crippen LogP contribution in [0.25, 0.3) is 21.9 Å². The number of aromatic nitrogens is 1. The van der Waals surface area contributed by atoms with Crippen molar-refractivity contribution < 1.29 is 19.4 Å². The molecule has 1 fully saturated rings. The van der Waals surface area contributed by atoms with Crippen LogP contribution in [0.1, 0.15) is 46.9 Å². The number of nitrogens with zero attached hydrogens (tertiary/aromatic N) is 3. The molecule has 9 heteroatoms. The molecule has 1 aliphatic heterocycles. The maximum absolute atomic E-state index is 12.0. The summed E-state index contributed by atoms with van der Waals surface area (Å²) in [6.45, 7) is -1.31. The van der Waals surface area contributed by atoms with Crippen molar-refractivity contribution in [1.29, 1.82) is 5.26 Å². The Morgan fingerprint density at radius 1 is 1.16 bits per heavy atom. The maximum atomic E-state index is 12.0. The second-order valence-electron chi connectivity index (χ2n) is 8.56. The zero-order valence-corrected chi connectivity index (χ0v) is 22.1. The fourth-order valence-electron chi connectivity index (χ4n) is 4.37. The second-order valence-corrected chi connectivity index (χ2v) is 8.56. The van der Waals surface area contributed by atoms with Gasteiger partial charge < -0.3 is 19.0 Å². The van der Waals surface area contributed by atoms with Gasteiger partial charge in [-0.05, 0) is 80.8 Å². The smallest absolute Gasteiger partial charge is 0.374 e. The zero-order chi connectivity index (χ0) is 27.8. The van der Waals surface area contributed by atoms with Crippen molar-refractivity contribution in [3.05, 3.63) is 65.5 Å². The first-order valence-electron chi connectivity index (χ1n) is 13.8. The van der Waals surface area contributed by atoms with Crippen molar-refractivity contribution in [2.24, 2.45) is 0 Å². The molecule has 37 heavy (non-hydrogen) atoms. The summed E-state index contributed by atoms with van der Waals surface area (Å²) in [5.41, 5.74) is 3.58. The molecule has 1 saturated heterocycles. The van der Waals surface area contributed by atoms with Crippen LogP contribution in [0.4, 0.5) is 5.69 Å². The lowest BCUT2D eigenvalue weighted by Gasteiger charge is -2.36. The van der Waals surface area contributed by atoms with Crippen molar-refractivity contribution in [2.75, 3.05) is 44.1 Å². The van der Waals surface area contributed by atoms with Gasteiger partial charge in [-0.2, -0.15) is 5.26 Å². The Balaban J connectivity index is 0.00000231. The number of nitriles is 1. The lowest BCUT2D eigenvalue weighted by Crippen LogP contribution is -2.46. The van der Waals surface area contributed by atoms with Crippen molar-refractivity contribution in [2.45, 2.75) is 26.2 Å². The Morgan fingerprint density at radius 2 is 1.97 bits per heavy atom. The van der Waals surface area contributed by atoms with Gasteiger partial charge in [0.2, 0.25) is 5.76 Å². The largest absolute Gasteiger partial charge is 0.460 e. The average molecular weight is 548 g/mol. The highest BCUT2D eigenvalue weighted by Gasteiger charge is 2.19. The van der Waals surface area contributed by atoms with E-state index in [1.807, 2.05) is 23.2 Å². The number of carbonyl (C=O) groups excluding carboxylic acids is 1. The molecule has 1 aliphatic rings. The number of fused-ring (bicyclic) bond motifs is 2. The average Bonchev–Trinajstić information content (AvgIpc) is 3.49. The molecule has 0 saturated carbocycles. The van der Waals surface area contributed by atoms with Crippen LogP contribution in [0.15, 0.2) is 53.1 Å². The van der Waals surface area contributed by atoms with Crippen LogP contribution in [0, 0.1) is 11.3 Å². The number of nitrogens with one attached hydrogen (secondary N) is 1. The lowest BCUT2D eigenvalue weighted by atomic mass is 10.1. The second kappa shape index (κ2) is 12.9. The predicted molar refractivity (Wildman–Crippen MR) is 151 cm³/mol. The molecular weight excluding hydrogens is 511 g/mol. The summed E-state index contributed by atoms with van der Waals surface area (Å²) >= 11 is 0. The SMILES string of the molecule is Cl.Cl.[2H]C1([2H])CN(CCCCc2c[nH]c3ccc(C#N)cc23)CC([2H])([2H])N1c1ccc2oc(C(=O)OCC)cc2c1. The number of piperazine rings is 1. The first-order valence-corrected chi connectivity index (χ1v) is 11.8. The van der Waals surface area contributed by atoms with Crippen molar-refractivity contribution in [1.82, 2.24) is 9.88 Å². The van der Waals surface area contributed by atoms with Gasteiger partial charge in [-0.25, -0.2) is 4.79 Å². The van der Waals surface area contributed by atoms with E-state index in [1.165, 1.54) is 11.0 Å². The minimum absolute atomic E-state index is 0. The van der Waals surface area contributed by atoms with Gasteiger partial charge in [-0.15, -0.1) is 24.8 Å². The summed E-state index contributed by atoms with van der Waals surface area (Å²) in [6, 6.07) is 14.2. The van der Waals surface area contributed by atoms with E-state index in [4.69, 9.17) is 14.6 Å². The first-order chi connectivity index (χ1) is 18.6. The third-order valence-corrected chi connectivity index (χ3v) is 6.21. The predicted octanol–water partition coefficient (Wildman–Crippen LogP) is 5.95. The van der Waals surface area contributed by atoms with Gasteiger partial charge in [0.25, 0.3) is 0 Å². The van der Waals surface area contributed by atoms with Crippen molar-refractivity contribution >= 4 is 58.3 Å². The molecule has 1 N–H and O–H groups in total. The maximum Gasteiger partial charge on any atom is 0.374 e. The number of benzene rings is 2. The highest BCUT2D eigenvalue weighted by Crippen LogP contribution is 2.27. The van der Waals surface area contributed by atoms with Gasteiger partial charge in [0.05, 0.1) is 23.7 Å². The van der Waals surface area contributed by atoms with E-state index in [0.29, 0.717) is 28.8 Å². The molecule has 5 rings (SSSR count). The molecule has 0 radical (unpaired) electrons. The van der Waals surface area contributed by atoms with Crippen LogP contribution in [-0.4, -0.2) is 55.1 Å². The molecule has 2 aromatic carbocycles. The van der Waals surface area contributed by atoms with E-state index in [2.05, 4.69) is 11.1 Å². The number of furan rings is 1. The summed E-state index contributed by atoms with van der Waals surface area (Å²) in [5, 5.41) is 10.8. The standard InChI is InChI=1S/C28H30N4O3.2ClH/c1-2-34-28(33)27-17-22-16-23(7-9-26(22)35-27)32-13-11-31(12-14-32)10-4-3-5-21-19-30-25-8-6-20(18-29)15-24(21)25;;/h6-9,15-17,19,30H,2-5,10-14H2,1H3;2*1H/i13D2,14D2;;. The van der Waals surface area contributed by atoms with E-state index in [9.17, 15) is 10.1 Å². The normalized spacial score (nSPS) is 18.0. The number of aryl methyl sites for hydroxylation is 1. The minimum atomic E-state index is -1.96. The third-order valence-electron chi connectivity index (χ3n) is 6.21. The van der Waals surface area contributed by atoms with Crippen LogP contribution < -0.4 is 4.90 Å². The quantitative estimate of drug-likeness (QED) is 0.217. The van der Waals surface area contributed by atoms with Gasteiger partial charge in [-0.3, -0.25) is 4.90 Å². The molecule has 0 atom stereocenters. The fourth-order valence-corrected chi connectivity index (χ4v) is 4.37. The van der Waals surface area contributed by atoms with Crippen LogP contribution in [0.2, 0.25) is 0 Å². The number of hydrogen-bond donors (Lipinski definition) is 1. The number of ether oxygens (including phenoxy) is 1. The van der Waals surface area contributed by atoms with E-state index in [-0.39, 0.29) is 50.3 Å². The van der Waals surface area contributed by atoms with Crippen molar-refractivity contribution in [3.8, 4) is 6.07 Å². The number of H-pyrrole nitrogens is 1. The highest BCUT2D eigenvalue weighted by molar-refractivity contribution is 5.93. The van der Waals surface area contributed by atoms with Gasteiger partial charge in [0.1, 0.15) is 5.58 Å². The first kappa shape index (κ1) is 23.0. The topological polar surface area (TPSA) is 85.5 Å². The minimum Gasteiger partial charge on any atom is -0.460 e. The lowest BCUT2D eigenvalue weighted by molar-refractivity contribution is 0.0492. The van der Waals surface area contributed by atoms with Gasteiger partial charge in [0, 0.05) is 54.3 Å². The van der Waals surface area contributed by atoms with Crippen LogP contribution in [0.5, 0.6) is 0 Å². The van der Waals surface area contributed by atoms with E-state index >= 15 is 0 Å². The number of unbranched alkanes of at least 4 members (excludes halogenated alkanes) is 1. The van der Waals surface area contributed by atoms with E-state index in [1.54, 1.807) is 31.2 Å². The Kier molecular flexibility index (Phi) is 7.99. The number of aromatic amines is 1. The number of hydrogen-bond acceptors (Lipinski definition) is 6. The number of rotatable bonds is 8. The molecule has 7 nitrogen and oxygen atoms in total. The van der Waals surface area contributed by atoms with Crippen LogP contribution >= 0.6 is 24.8 Å². The summed E-state index contributed by atoms with van der Waals surface area (Å²) in [6.07, 6.45) is 4.42. The van der Waals surface area contributed by atoms with Gasteiger partial charge in [-0.1, -0.05) is 0 Å². The number of carbonyl (C=O) groups is 1. The molecular formula is C28H32Cl2N4O3. The van der Waals surface area contributed by atoms with Crippen LogP contribution in [0.3, 0.4) is 0 Å². The van der Waals surface area contributed by atoms with Gasteiger partial charge >= 0.3 is 5.97 Å². The Hall–Kier alpha value is -3.18. The van der Waals surface area contributed by atoms with E-state index in [0.717, 1.165) is 35.7 Å². The summed E-state index contributed by atoms with van der Waals surface area (Å²) in [5.74, 6) is -0.524. The number of anilines is 1. The molecule has 0 aliphatic carbocycles. The third kappa shape index (κ3) is 6.40. The Labute approximate surface area is 234 Å². The number of esters is 1. The highest BCUT2D eigenvalue weighted by atomic mass is 35.5. The molecule has 0 spiro atoms. The monoisotopic (exact) mass is 546 g/mol. The Bertz CT molecular complexity index is 1550. The molecule has 4 aromatic rings. The zero-order valence-electron chi connectivity index (χ0n) is 24.5. The molecule has 2 aromatic heterocycles. The molecule has 0 amide bonds. The number of halogens is 2. The molecule has 196 valence electrons. The van der Waals surface area contributed by atoms with E-state index < -0.39 is 19.0 Å². The summed E-state index contributed by atoms with van der Waals surface area (Å²) in [7, 11) is 0.